The minimum atomic E-state index is -0.288. The van der Waals surface area contributed by atoms with Crippen molar-refractivity contribution in [1.82, 2.24) is 4.90 Å². The second kappa shape index (κ2) is 8.60. The van der Waals surface area contributed by atoms with Gasteiger partial charge < -0.3 is 14.8 Å². The van der Waals surface area contributed by atoms with E-state index in [0.717, 1.165) is 0 Å². The lowest BCUT2D eigenvalue weighted by molar-refractivity contribution is -0.122. The van der Waals surface area contributed by atoms with Crippen LogP contribution in [0, 0.1) is 0 Å². The fourth-order valence-electron chi connectivity index (χ4n) is 2.41. The van der Waals surface area contributed by atoms with Crippen LogP contribution in [0.15, 0.2) is 45.9 Å². The van der Waals surface area contributed by atoms with E-state index in [9.17, 15) is 14.7 Å². The van der Waals surface area contributed by atoms with Gasteiger partial charge in [0, 0.05) is 24.1 Å². The Morgan fingerprint density at radius 1 is 1.41 bits per heavy atom. The number of anilines is 1. The molecule has 2 N–H and O–H groups in total. The summed E-state index contributed by atoms with van der Waals surface area (Å²) in [6.45, 7) is 0.328. The summed E-state index contributed by atoms with van der Waals surface area (Å²) < 4.78 is 5.66. The van der Waals surface area contributed by atoms with Crippen molar-refractivity contribution in [3.63, 3.8) is 0 Å². The number of nitrogens with one attached hydrogen (secondary N) is 1. The Bertz CT molecular complexity index is 912. The molecule has 1 aliphatic rings. The molecule has 0 saturated carbocycles. The first kappa shape index (κ1) is 19.5. The zero-order chi connectivity index (χ0) is 19.4. The van der Waals surface area contributed by atoms with Gasteiger partial charge in [-0.05, 0) is 36.8 Å². The normalized spacial score (nSPS) is 15.6. The van der Waals surface area contributed by atoms with E-state index in [-0.39, 0.29) is 29.7 Å². The number of phenols is 1. The SMILES string of the molecule is O=C(CCCN1C(=O)/C(=C\c2ccco2)SC1=S)Nc1cc(Cl)ccc1O. The fraction of sp³-hybridized carbons (Fsp3) is 0.167. The lowest BCUT2D eigenvalue weighted by atomic mass is 10.2. The Kier molecular flexibility index (Phi) is 6.20. The minimum Gasteiger partial charge on any atom is -0.506 e. The van der Waals surface area contributed by atoms with Gasteiger partial charge in [-0.1, -0.05) is 35.6 Å². The van der Waals surface area contributed by atoms with E-state index >= 15 is 0 Å². The summed E-state index contributed by atoms with van der Waals surface area (Å²) in [6, 6.07) is 7.89. The molecule has 2 amide bonds. The molecular formula is C18H15ClN2O4S2. The van der Waals surface area contributed by atoms with Crippen LogP contribution in [0.25, 0.3) is 6.08 Å². The minimum absolute atomic E-state index is 0.0623. The third kappa shape index (κ3) is 4.91. The first-order valence-corrected chi connectivity index (χ1v) is 9.61. The van der Waals surface area contributed by atoms with E-state index < -0.39 is 0 Å². The van der Waals surface area contributed by atoms with Crippen LogP contribution in [0.1, 0.15) is 18.6 Å². The molecule has 2 heterocycles. The summed E-state index contributed by atoms with van der Waals surface area (Å²) in [5.74, 6) is 0.0300. The van der Waals surface area contributed by atoms with Crippen molar-refractivity contribution in [2.24, 2.45) is 0 Å². The number of thioether (sulfide) groups is 1. The van der Waals surface area contributed by atoms with Crippen molar-refractivity contribution in [1.29, 1.82) is 0 Å². The molecule has 0 aliphatic carbocycles. The number of rotatable bonds is 6. The molecule has 0 bridgehead atoms. The predicted octanol–water partition coefficient (Wildman–Crippen LogP) is 4.26. The number of furan rings is 1. The Hall–Kier alpha value is -2.29. The van der Waals surface area contributed by atoms with Gasteiger partial charge in [0.15, 0.2) is 0 Å². The van der Waals surface area contributed by atoms with E-state index in [1.165, 1.54) is 41.1 Å². The molecule has 2 aromatic rings. The number of hydrogen-bond acceptors (Lipinski definition) is 6. The fourth-order valence-corrected chi connectivity index (χ4v) is 3.87. The monoisotopic (exact) mass is 422 g/mol. The summed E-state index contributed by atoms with van der Waals surface area (Å²) >= 11 is 12.3. The summed E-state index contributed by atoms with van der Waals surface area (Å²) in [4.78, 5) is 26.5. The zero-order valence-electron chi connectivity index (χ0n) is 14.0. The highest BCUT2D eigenvalue weighted by molar-refractivity contribution is 8.26. The number of benzene rings is 1. The zero-order valence-corrected chi connectivity index (χ0v) is 16.4. The van der Waals surface area contributed by atoms with Crippen LogP contribution >= 0.6 is 35.6 Å². The van der Waals surface area contributed by atoms with Crippen molar-refractivity contribution in [2.45, 2.75) is 12.8 Å². The van der Waals surface area contributed by atoms with Crippen LogP contribution in [0.4, 0.5) is 5.69 Å². The van der Waals surface area contributed by atoms with Gasteiger partial charge in [-0.3, -0.25) is 14.5 Å². The Morgan fingerprint density at radius 3 is 2.96 bits per heavy atom. The topological polar surface area (TPSA) is 82.8 Å². The van der Waals surface area contributed by atoms with Gasteiger partial charge >= 0.3 is 0 Å². The van der Waals surface area contributed by atoms with Gasteiger partial charge in [-0.15, -0.1) is 0 Å². The molecule has 0 unspecified atom stereocenters. The van der Waals surface area contributed by atoms with Crippen molar-refractivity contribution in [2.75, 3.05) is 11.9 Å². The molecule has 6 nitrogen and oxygen atoms in total. The largest absolute Gasteiger partial charge is 0.506 e. The van der Waals surface area contributed by atoms with Gasteiger partial charge in [0.05, 0.1) is 16.9 Å². The van der Waals surface area contributed by atoms with Crippen LogP contribution in [0.3, 0.4) is 0 Å². The summed E-state index contributed by atoms with van der Waals surface area (Å²) in [7, 11) is 0. The highest BCUT2D eigenvalue weighted by Gasteiger charge is 2.31. The van der Waals surface area contributed by atoms with Crippen LogP contribution < -0.4 is 5.32 Å². The van der Waals surface area contributed by atoms with Gasteiger partial charge in [0.2, 0.25) is 5.91 Å². The van der Waals surface area contributed by atoms with E-state index in [1.54, 1.807) is 18.2 Å². The van der Waals surface area contributed by atoms with Crippen molar-refractivity contribution in [3.8, 4) is 5.75 Å². The van der Waals surface area contributed by atoms with E-state index in [2.05, 4.69) is 5.32 Å². The van der Waals surface area contributed by atoms with Gasteiger partial charge in [-0.25, -0.2) is 0 Å². The highest BCUT2D eigenvalue weighted by atomic mass is 35.5. The van der Waals surface area contributed by atoms with E-state index in [4.69, 9.17) is 28.2 Å². The highest BCUT2D eigenvalue weighted by Crippen LogP contribution is 2.33. The van der Waals surface area contributed by atoms with Crippen LogP contribution in [0.5, 0.6) is 5.75 Å². The van der Waals surface area contributed by atoms with Crippen LogP contribution in [-0.2, 0) is 9.59 Å². The summed E-state index contributed by atoms with van der Waals surface area (Å²) in [5, 5.41) is 12.7. The van der Waals surface area contributed by atoms with Gasteiger partial charge in [-0.2, -0.15) is 0 Å². The third-order valence-electron chi connectivity index (χ3n) is 3.71. The lowest BCUT2D eigenvalue weighted by Gasteiger charge is -2.14. The number of hydrogen-bond donors (Lipinski definition) is 2. The smallest absolute Gasteiger partial charge is 0.266 e. The Labute approximate surface area is 170 Å². The predicted molar refractivity (Wildman–Crippen MR) is 110 cm³/mol. The van der Waals surface area contributed by atoms with Crippen molar-refractivity contribution in [3.05, 3.63) is 52.3 Å². The van der Waals surface area contributed by atoms with Gasteiger partial charge in [0.1, 0.15) is 15.8 Å². The third-order valence-corrected chi connectivity index (χ3v) is 5.32. The molecule has 0 atom stereocenters. The van der Waals surface area contributed by atoms with E-state index in [1.807, 2.05) is 0 Å². The molecule has 27 heavy (non-hydrogen) atoms. The molecule has 0 spiro atoms. The molecule has 3 rings (SSSR count). The maximum atomic E-state index is 12.5. The van der Waals surface area contributed by atoms with Crippen molar-refractivity contribution < 1.29 is 19.1 Å². The number of thiocarbonyl (C=S) groups is 1. The second-order valence-corrected chi connectivity index (χ2v) is 7.77. The second-order valence-electron chi connectivity index (χ2n) is 5.66. The number of carbonyl (C=O) groups excluding carboxylic acids is 2. The first-order chi connectivity index (χ1) is 12.9. The molecular weight excluding hydrogens is 408 g/mol. The number of nitrogens with zero attached hydrogens (tertiary/aromatic N) is 1. The van der Waals surface area contributed by atoms with Gasteiger partial charge in [0.25, 0.3) is 5.91 Å². The molecule has 0 radical (unpaired) electrons. The Balaban J connectivity index is 1.52. The number of aromatic hydroxyl groups is 1. The van der Waals surface area contributed by atoms with Crippen LogP contribution in [-0.4, -0.2) is 32.7 Å². The van der Waals surface area contributed by atoms with Crippen molar-refractivity contribution >= 4 is 63.5 Å². The number of amides is 2. The molecule has 140 valence electrons. The molecule has 1 aromatic carbocycles. The number of carbonyl (C=O) groups is 2. The number of phenolic OH excluding ortho intramolecular Hbond substituents is 1. The molecule has 9 heteroatoms. The molecule has 1 aliphatic heterocycles. The quantitative estimate of drug-likeness (QED) is 0.411. The summed E-state index contributed by atoms with van der Waals surface area (Å²) in [6.07, 6.45) is 3.77. The number of halogens is 1. The molecule has 1 fully saturated rings. The molecule has 1 saturated heterocycles. The summed E-state index contributed by atoms with van der Waals surface area (Å²) in [5.41, 5.74) is 0.250. The average Bonchev–Trinajstić information content (AvgIpc) is 3.22. The average molecular weight is 423 g/mol. The maximum Gasteiger partial charge on any atom is 0.266 e. The molecule has 1 aromatic heterocycles. The maximum absolute atomic E-state index is 12.5. The lowest BCUT2D eigenvalue weighted by Crippen LogP contribution is -2.29. The Morgan fingerprint density at radius 2 is 2.22 bits per heavy atom. The van der Waals surface area contributed by atoms with E-state index in [0.29, 0.717) is 33.0 Å². The standard InChI is InChI=1S/C18H15ClN2O4S2/c19-11-5-6-14(22)13(9-11)20-16(23)4-1-7-21-17(24)15(27-18(21)26)10-12-3-2-8-25-12/h2-3,5-6,8-10,22H,1,4,7H2,(H,20,23)/b15-10+. The van der Waals surface area contributed by atoms with Crippen LogP contribution in [0.2, 0.25) is 5.02 Å². The first-order valence-electron chi connectivity index (χ1n) is 8.01.